The van der Waals surface area contributed by atoms with Gasteiger partial charge in [-0.15, -0.1) is 0 Å². The molecule has 1 aromatic carbocycles. The van der Waals surface area contributed by atoms with Crippen molar-refractivity contribution in [2.24, 2.45) is 0 Å². The van der Waals surface area contributed by atoms with Crippen molar-refractivity contribution in [3.63, 3.8) is 0 Å². The van der Waals surface area contributed by atoms with Gasteiger partial charge in [-0.05, 0) is 49.7 Å². The van der Waals surface area contributed by atoms with Crippen LogP contribution in [-0.4, -0.2) is 38.3 Å². The average Bonchev–Trinajstić information content (AvgIpc) is 3.06. The van der Waals surface area contributed by atoms with Crippen LogP contribution in [0.25, 0.3) is 0 Å². The quantitative estimate of drug-likeness (QED) is 0.774. The lowest BCUT2D eigenvalue weighted by molar-refractivity contribution is -0.121. The molecule has 25 heavy (non-hydrogen) atoms. The molecule has 1 aromatic heterocycles. The summed E-state index contributed by atoms with van der Waals surface area (Å²) in [4.78, 5) is 12.0. The molecule has 2 aromatic rings. The van der Waals surface area contributed by atoms with Crippen LogP contribution in [0.5, 0.6) is 0 Å². The molecule has 0 bridgehead atoms. The predicted octanol–water partition coefficient (Wildman–Crippen LogP) is 2.18. The fourth-order valence-corrected chi connectivity index (χ4v) is 3.41. The van der Waals surface area contributed by atoms with Gasteiger partial charge in [-0.2, -0.15) is 4.31 Å². The number of halogens is 1. The number of furan rings is 1. The lowest BCUT2D eigenvalue weighted by Crippen LogP contribution is -2.41. The minimum absolute atomic E-state index is 0.0601. The number of likely N-dealkylation sites (N-methyl/N-ethyl adjacent to an activating group) is 1. The molecule has 0 saturated heterocycles. The van der Waals surface area contributed by atoms with E-state index in [2.05, 4.69) is 5.32 Å². The number of hydrogen-bond acceptors (Lipinski definition) is 4. The average molecular weight is 368 g/mol. The summed E-state index contributed by atoms with van der Waals surface area (Å²) >= 11 is 0. The zero-order valence-corrected chi connectivity index (χ0v) is 14.9. The molecule has 0 fully saturated rings. The number of amides is 1. The van der Waals surface area contributed by atoms with E-state index >= 15 is 0 Å². The Kier molecular flexibility index (Phi) is 6.33. The highest BCUT2D eigenvalue weighted by atomic mass is 32.2. The summed E-state index contributed by atoms with van der Waals surface area (Å²) in [5.74, 6) is -0.0954. The number of rotatable bonds is 8. The first-order valence-electron chi connectivity index (χ1n) is 7.82. The van der Waals surface area contributed by atoms with Crippen molar-refractivity contribution in [1.82, 2.24) is 9.62 Å². The molecule has 6 nitrogen and oxygen atoms in total. The van der Waals surface area contributed by atoms with Gasteiger partial charge in [0.15, 0.2) is 0 Å². The van der Waals surface area contributed by atoms with Crippen LogP contribution in [-0.2, 0) is 21.2 Å². The molecular formula is C17H21FN2O4S. The van der Waals surface area contributed by atoms with Gasteiger partial charge < -0.3 is 9.73 Å². The van der Waals surface area contributed by atoms with E-state index < -0.39 is 21.7 Å². The van der Waals surface area contributed by atoms with E-state index in [-0.39, 0.29) is 17.5 Å². The van der Waals surface area contributed by atoms with Crippen LogP contribution >= 0.6 is 0 Å². The maximum Gasteiger partial charge on any atom is 0.243 e. The summed E-state index contributed by atoms with van der Waals surface area (Å²) in [5.41, 5.74) is 0. The van der Waals surface area contributed by atoms with Crippen LogP contribution in [0.15, 0.2) is 52.0 Å². The molecule has 1 heterocycles. The van der Waals surface area contributed by atoms with E-state index in [4.69, 9.17) is 4.42 Å². The van der Waals surface area contributed by atoms with Gasteiger partial charge in [0.25, 0.3) is 0 Å². The largest absolute Gasteiger partial charge is 0.469 e. The van der Waals surface area contributed by atoms with Crippen LogP contribution < -0.4 is 5.32 Å². The number of hydrogen-bond donors (Lipinski definition) is 1. The number of nitrogens with one attached hydrogen (secondary N) is 1. The highest BCUT2D eigenvalue weighted by molar-refractivity contribution is 7.89. The van der Waals surface area contributed by atoms with E-state index in [1.54, 1.807) is 12.3 Å². The van der Waals surface area contributed by atoms with Gasteiger partial charge in [-0.3, -0.25) is 4.79 Å². The summed E-state index contributed by atoms with van der Waals surface area (Å²) in [6, 6.07) is 8.01. The molecular weight excluding hydrogens is 347 g/mol. The maximum absolute atomic E-state index is 12.9. The molecule has 0 saturated carbocycles. The van der Waals surface area contributed by atoms with Gasteiger partial charge in [0.05, 0.1) is 17.7 Å². The summed E-state index contributed by atoms with van der Waals surface area (Å²) < 4.78 is 43.8. The van der Waals surface area contributed by atoms with Crippen LogP contribution in [0.1, 0.15) is 19.1 Å². The van der Waals surface area contributed by atoms with Gasteiger partial charge in [0.1, 0.15) is 11.6 Å². The molecule has 0 unspecified atom stereocenters. The standard InChI is InChI=1S/C17H21FN2O4S/c1-13(5-8-15-4-3-11-24-15)19-17(21)12-20(2)25(22,23)16-9-6-14(18)7-10-16/h3-4,6-7,9-11,13H,5,8,12H2,1-2H3,(H,19,21)/t13-/m0/s1. The topological polar surface area (TPSA) is 79.6 Å². The number of carbonyl (C=O) groups is 1. The summed E-state index contributed by atoms with van der Waals surface area (Å²) in [6.45, 7) is 1.53. The second-order valence-corrected chi connectivity index (χ2v) is 7.85. The van der Waals surface area contributed by atoms with E-state index in [9.17, 15) is 17.6 Å². The minimum Gasteiger partial charge on any atom is -0.469 e. The van der Waals surface area contributed by atoms with Crippen molar-refractivity contribution < 1.29 is 22.0 Å². The van der Waals surface area contributed by atoms with E-state index in [1.165, 1.54) is 19.2 Å². The van der Waals surface area contributed by atoms with E-state index in [0.29, 0.717) is 12.8 Å². The van der Waals surface area contributed by atoms with Gasteiger partial charge in [-0.25, -0.2) is 12.8 Å². The first-order chi connectivity index (χ1) is 11.8. The monoisotopic (exact) mass is 368 g/mol. The Morgan fingerprint density at radius 3 is 2.56 bits per heavy atom. The second-order valence-electron chi connectivity index (χ2n) is 5.80. The van der Waals surface area contributed by atoms with Crippen molar-refractivity contribution in [1.29, 1.82) is 0 Å². The zero-order chi connectivity index (χ0) is 18.4. The zero-order valence-electron chi connectivity index (χ0n) is 14.1. The number of aryl methyl sites for hydroxylation is 1. The van der Waals surface area contributed by atoms with Crippen molar-refractivity contribution in [3.05, 3.63) is 54.2 Å². The smallest absolute Gasteiger partial charge is 0.243 e. The first kappa shape index (κ1) is 19.1. The van der Waals surface area contributed by atoms with Crippen molar-refractivity contribution in [2.75, 3.05) is 13.6 Å². The lowest BCUT2D eigenvalue weighted by Gasteiger charge is -2.19. The maximum atomic E-state index is 12.9. The Balaban J connectivity index is 1.87. The number of nitrogens with zero attached hydrogens (tertiary/aromatic N) is 1. The summed E-state index contributed by atoms with van der Waals surface area (Å²) in [7, 11) is -2.53. The fourth-order valence-electron chi connectivity index (χ4n) is 2.28. The Morgan fingerprint density at radius 2 is 1.96 bits per heavy atom. The highest BCUT2D eigenvalue weighted by Gasteiger charge is 2.23. The van der Waals surface area contributed by atoms with Crippen LogP contribution in [0.2, 0.25) is 0 Å². The molecule has 136 valence electrons. The SMILES string of the molecule is C[C@@H](CCc1ccco1)NC(=O)CN(C)S(=O)(=O)c1ccc(F)cc1. The van der Waals surface area contributed by atoms with Crippen molar-refractivity contribution >= 4 is 15.9 Å². The first-order valence-corrected chi connectivity index (χ1v) is 9.26. The third-order valence-electron chi connectivity index (χ3n) is 3.70. The number of benzene rings is 1. The molecule has 0 spiro atoms. The fraction of sp³-hybridized carbons (Fsp3) is 0.353. The number of sulfonamides is 1. The normalized spacial score (nSPS) is 13.0. The van der Waals surface area contributed by atoms with Crippen molar-refractivity contribution in [3.8, 4) is 0 Å². The molecule has 1 atom stereocenters. The van der Waals surface area contributed by atoms with Crippen LogP contribution in [0, 0.1) is 5.82 Å². The Morgan fingerprint density at radius 1 is 1.28 bits per heavy atom. The molecule has 0 aliphatic rings. The van der Waals surface area contributed by atoms with Crippen LogP contribution in [0.3, 0.4) is 0 Å². The van der Waals surface area contributed by atoms with Crippen molar-refractivity contribution in [2.45, 2.75) is 30.7 Å². The lowest BCUT2D eigenvalue weighted by atomic mass is 10.1. The Bertz CT molecular complexity index is 789. The van der Waals surface area contributed by atoms with Gasteiger partial charge in [0, 0.05) is 19.5 Å². The predicted molar refractivity (Wildman–Crippen MR) is 90.8 cm³/mol. The minimum atomic E-state index is -3.84. The Labute approximate surface area is 146 Å². The third kappa shape index (κ3) is 5.40. The van der Waals surface area contributed by atoms with E-state index in [0.717, 1.165) is 22.2 Å². The van der Waals surface area contributed by atoms with E-state index in [1.807, 2.05) is 13.0 Å². The summed E-state index contributed by atoms with van der Waals surface area (Å²) in [6.07, 6.45) is 2.94. The highest BCUT2D eigenvalue weighted by Crippen LogP contribution is 2.14. The molecule has 0 aliphatic heterocycles. The molecule has 1 amide bonds. The molecule has 8 heteroatoms. The molecule has 1 N–H and O–H groups in total. The number of carbonyl (C=O) groups excluding carboxylic acids is 1. The van der Waals surface area contributed by atoms with Gasteiger partial charge >= 0.3 is 0 Å². The second kappa shape index (κ2) is 8.26. The molecule has 0 radical (unpaired) electrons. The summed E-state index contributed by atoms with van der Waals surface area (Å²) in [5, 5.41) is 2.76. The van der Waals surface area contributed by atoms with Gasteiger partial charge in [-0.1, -0.05) is 0 Å². The van der Waals surface area contributed by atoms with Gasteiger partial charge in [0.2, 0.25) is 15.9 Å². The third-order valence-corrected chi connectivity index (χ3v) is 5.52. The Hall–Kier alpha value is -2.19. The van der Waals surface area contributed by atoms with Crippen LogP contribution in [0.4, 0.5) is 4.39 Å². The molecule has 0 aliphatic carbocycles. The molecule has 2 rings (SSSR count).